The average Bonchev–Trinajstić information content (AvgIpc) is 3.02. The molecule has 1 aromatic heterocycles. The summed E-state index contributed by atoms with van der Waals surface area (Å²) in [5.74, 6) is -0.130. The second-order valence-corrected chi connectivity index (χ2v) is 9.56. The van der Waals surface area contributed by atoms with Crippen molar-refractivity contribution in [1.29, 1.82) is 0 Å². The first-order valence-electron chi connectivity index (χ1n) is 7.20. The van der Waals surface area contributed by atoms with Gasteiger partial charge in [-0.3, -0.25) is 4.79 Å². The average molecular weight is 364 g/mol. The predicted octanol–water partition coefficient (Wildman–Crippen LogP) is -0.0981. The molecular weight excluding hydrogens is 344 g/mol. The maximum atomic E-state index is 12.4. The third kappa shape index (κ3) is 4.33. The molecule has 2 rings (SSSR count). The highest BCUT2D eigenvalue weighted by Gasteiger charge is 2.31. The van der Waals surface area contributed by atoms with Gasteiger partial charge in [0, 0.05) is 12.6 Å². The van der Waals surface area contributed by atoms with Crippen molar-refractivity contribution in [3.8, 4) is 0 Å². The second kappa shape index (κ2) is 6.62. The summed E-state index contributed by atoms with van der Waals surface area (Å²) in [7, 11) is -7.00. The Hall–Kier alpha value is -1.39. The Balaban J connectivity index is 2.03. The number of aryl methyl sites for hydroxylation is 1. The molecule has 0 bridgehead atoms. The summed E-state index contributed by atoms with van der Waals surface area (Å²) in [4.78, 5) is 12.0. The maximum Gasteiger partial charge on any atom is 0.276 e. The van der Waals surface area contributed by atoms with Gasteiger partial charge in [-0.2, -0.15) is 4.31 Å². The number of carbonyl (C=O) groups excluding carboxylic acids is 1. The van der Waals surface area contributed by atoms with Gasteiger partial charge in [-0.1, -0.05) is 6.92 Å². The van der Waals surface area contributed by atoms with Crippen LogP contribution in [0, 0.1) is 6.92 Å². The number of rotatable bonds is 6. The number of nitrogens with one attached hydrogen (secondary N) is 1. The largest absolute Gasteiger partial charge is 0.449 e. The standard InChI is InChI=1S/C13H20N2O6S2/c1-3-15(23(19,20)13-5-4-10(2)21-13)8-12(16)14-11-6-7-22(17,18)9-11/h4-5,11H,3,6-9H2,1-2H3,(H,14,16). The van der Waals surface area contributed by atoms with Crippen LogP contribution in [-0.4, -0.2) is 57.7 Å². The molecule has 0 saturated carbocycles. The maximum absolute atomic E-state index is 12.4. The molecule has 23 heavy (non-hydrogen) atoms. The zero-order valence-electron chi connectivity index (χ0n) is 13.0. The molecule has 130 valence electrons. The van der Waals surface area contributed by atoms with Crippen molar-refractivity contribution in [2.75, 3.05) is 24.6 Å². The van der Waals surface area contributed by atoms with Gasteiger partial charge in [0.25, 0.3) is 10.0 Å². The van der Waals surface area contributed by atoms with Crippen LogP contribution in [0.25, 0.3) is 0 Å². The third-order valence-electron chi connectivity index (χ3n) is 3.58. The Bertz CT molecular complexity index is 781. The van der Waals surface area contributed by atoms with E-state index < -0.39 is 31.8 Å². The molecule has 0 spiro atoms. The van der Waals surface area contributed by atoms with Gasteiger partial charge in [-0.05, 0) is 25.5 Å². The molecule has 1 atom stereocenters. The lowest BCUT2D eigenvalue weighted by atomic mass is 10.2. The quantitative estimate of drug-likeness (QED) is 0.754. The van der Waals surface area contributed by atoms with Gasteiger partial charge in [-0.25, -0.2) is 16.8 Å². The van der Waals surface area contributed by atoms with Crippen LogP contribution in [-0.2, 0) is 24.7 Å². The number of hydrogen-bond acceptors (Lipinski definition) is 6. The highest BCUT2D eigenvalue weighted by Crippen LogP contribution is 2.18. The fraction of sp³-hybridized carbons (Fsp3) is 0.615. The first kappa shape index (κ1) is 18.0. The zero-order chi connectivity index (χ0) is 17.3. The molecule has 10 heteroatoms. The van der Waals surface area contributed by atoms with E-state index in [1.807, 2.05) is 0 Å². The zero-order valence-corrected chi connectivity index (χ0v) is 14.6. The second-order valence-electron chi connectivity index (χ2n) is 5.46. The lowest BCUT2D eigenvalue weighted by molar-refractivity contribution is -0.121. The third-order valence-corrected chi connectivity index (χ3v) is 7.14. The topological polar surface area (TPSA) is 114 Å². The molecule has 1 saturated heterocycles. The van der Waals surface area contributed by atoms with E-state index in [9.17, 15) is 21.6 Å². The SMILES string of the molecule is CCN(CC(=O)NC1CCS(=O)(=O)C1)S(=O)(=O)c1ccc(C)o1. The van der Waals surface area contributed by atoms with Crippen molar-refractivity contribution in [3.05, 3.63) is 17.9 Å². The van der Waals surface area contributed by atoms with Gasteiger partial charge >= 0.3 is 0 Å². The summed E-state index contributed by atoms with van der Waals surface area (Å²) in [5.41, 5.74) is 0. The molecule has 8 nitrogen and oxygen atoms in total. The van der Waals surface area contributed by atoms with Crippen molar-refractivity contribution < 1.29 is 26.0 Å². The van der Waals surface area contributed by atoms with Gasteiger partial charge in [0.05, 0.1) is 18.1 Å². The Morgan fingerprint density at radius 3 is 2.61 bits per heavy atom. The first-order valence-corrected chi connectivity index (χ1v) is 10.5. The minimum absolute atomic E-state index is 0.0411. The van der Waals surface area contributed by atoms with Crippen LogP contribution in [0.15, 0.2) is 21.6 Å². The van der Waals surface area contributed by atoms with Crippen molar-refractivity contribution in [3.63, 3.8) is 0 Å². The van der Waals surface area contributed by atoms with E-state index in [-0.39, 0.29) is 29.7 Å². The molecule has 1 amide bonds. The van der Waals surface area contributed by atoms with E-state index in [1.165, 1.54) is 12.1 Å². The normalized spacial score (nSPS) is 20.7. The molecule has 1 aliphatic rings. The van der Waals surface area contributed by atoms with Crippen molar-refractivity contribution in [2.24, 2.45) is 0 Å². The Labute approximate surface area is 135 Å². The number of furan rings is 1. The fourth-order valence-corrected chi connectivity index (χ4v) is 5.42. The van der Waals surface area contributed by atoms with E-state index in [4.69, 9.17) is 4.42 Å². The van der Waals surface area contributed by atoms with Crippen LogP contribution in [0.3, 0.4) is 0 Å². The summed E-state index contributed by atoms with van der Waals surface area (Å²) in [5, 5.41) is 2.36. The van der Waals surface area contributed by atoms with Crippen LogP contribution >= 0.6 is 0 Å². The first-order chi connectivity index (χ1) is 10.6. The lowest BCUT2D eigenvalue weighted by Gasteiger charge is -2.19. The highest BCUT2D eigenvalue weighted by molar-refractivity contribution is 7.91. The van der Waals surface area contributed by atoms with Gasteiger partial charge in [0.15, 0.2) is 9.84 Å². The van der Waals surface area contributed by atoms with E-state index in [2.05, 4.69) is 5.32 Å². The van der Waals surface area contributed by atoms with Gasteiger partial charge in [0.2, 0.25) is 11.0 Å². The van der Waals surface area contributed by atoms with Gasteiger partial charge in [0.1, 0.15) is 5.76 Å². The molecule has 1 fully saturated rings. The summed E-state index contributed by atoms with van der Waals surface area (Å²) < 4.78 is 53.7. The van der Waals surface area contributed by atoms with E-state index in [1.54, 1.807) is 13.8 Å². The van der Waals surface area contributed by atoms with E-state index >= 15 is 0 Å². The highest BCUT2D eigenvalue weighted by atomic mass is 32.2. The van der Waals surface area contributed by atoms with Gasteiger partial charge < -0.3 is 9.73 Å². The number of sulfone groups is 1. The smallest absolute Gasteiger partial charge is 0.276 e. The number of nitrogens with zero attached hydrogens (tertiary/aromatic N) is 1. The number of sulfonamides is 1. The molecule has 1 unspecified atom stereocenters. The fourth-order valence-electron chi connectivity index (χ4n) is 2.39. The molecule has 0 aromatic carbocycles. The summed E-state index contributed by atoms with van der Waals surface area (Å²) >= 11 is 0. The Morgan fingerprint density at radius 2 is 2.13 bits per heavy atom. The molecule has 1 N–H and O–H groups in total. The molecular formula is C13H20N2O6S2. The summed E-state index contributed by atoms with van der Waals surface area (Å²) in [6.45, 7) is 2.96. The molecule has 0 aliphatic carbocycles. The van der Waals surface area contributed by atoms with Crippen LogP contribution in [0.2, 0.25) is 0 Å². The predicted molar refractivity (Wildman–Crippen MR) is 83.1 cm³/mol. The number of amides is 1. The lowest BCUT2D eigenvalue weighted by Crippen LogP contribution is -2.44. The minimum Gasteiger partial charge on any atom is -0.449 e. The summed E-state index contributed by atoms with van der Waals surface area (Å²) in [6.07, 6.45) is 0.352. The van der Waals surface area contributed by atoms with Crippen LogP contribution < -0.4 is 5.32 Å². The van der Waals surface area contributed by atoms with Crippen LogP contribution in [0.4, 0.5) is 0 Å². The molecule has 2 heterocycles. The van der Waals surface area contributed by atoms with E-state index in [0.717, 1.165) is 4.31 Å². The van der Waals surface area contributed by atoms with Crippen molar-refractivity contribution in [1.82, 2.24) is 9.62 Å². The Morgan fingerprint density at radius 1 is 1.43 bits per heavy atom. The van der Waals surface area contributed by atoms with Gasteiger partial charge in [-0.15, -0.1) is 0 Å². The van der Waals surface area contributed by atoms with Crippen molar-refractivity contribution >= 4 is 25.8 Å². The summed E-state index contributed by atoms with van der Waals surface area (Å²) in [6, 6.07) is 2.42. The minimum atomic E-state index is -3.89. The molecule has 1 aromatic rings. The molecule has 1 aliphatic heterocycles. The Kier molecular flexibility index (Phi) is 5.17. The number of likely N-dealkylation sites (N-methyl/N-ethyl adjacent to an activating group) is 1. The number of carbonyl (C=O) groups is 1. The number of hydrogen-bond donors (Lipinski definition) is 1. The van der Waals surface area contributed by atoms with Crippen LogP contribution in [0.5, 0.6) is 0 Å². The molecule has 0 radical (unpaired) electrons. The van der Waals surface area contributed by atoms with Crippen LogP contribution in [0.1, 0.15) is 19.1 Å². The van der Waals surface area contributed by atoms with Crippen molar-refractivity contribution in [2.45, 2.75) is 31.4 Å². The monoisotopic (exact) mass is 364 g/mol. The van der Waals surface area contributed by atoms with E-state index in [0.29, 0.717) is 12.2 Å².